The Hall–Kier alpha value is -0.960. The summed E-state index contributed by atoms with van der Waals surface area (Å²) in [6.45, 7) is 0.617. The van der Waals surface area contributed by atoms with Gasteiger partial charge in [0.25, 0.3) is 5.56 Å². The molecule has 1 aromatic heterocycles. The highest BCUT2D eigenvalue weighted by molar-refractivity contribution is 6.30. The second-order valence-corrected chi connectivity index (χ2v) is 2.77. The summed E-state index contributed by atoms with van der Waals surface area (Å²) in [5.74, 6) is 0.624. The minimum atomic E-state index is -0.212. The van der Waals surface area contributed by atoms with Crippen molar-refractivity contribution in [3.8, 4) is 5.75 Å². The molecule has 0 amide bonds. The molecule has 0 fully saturated rings. The van der Waals surface area contributed by atoms with Crippen LogP contribution in [0.3, 0.4) is 0 Å². The van der Waals surface area contributed by atoms with Crippen LogP contribution in [0.1, 0.15) is 5.56 Å². The van der Waals surface area contributed by atoms with Crippen LogP contribution in [0, 0.1) is 0 Å². The molecule has 0 aliphatic carbocycles. The molecule has 2 heterocycles. The van der Waals surface area contributed by atoms with Crippen LogP contribution >= 0.6 is 11.6 Å². The summed E-state index contributed by atoms with van der Waals surface area (Å²) in [5, 5.41) is 0.407. The Kier molecular flexibility index (Phi) is 1.39. The molecule has 0 atom stereocenters. The topological polar surface area (TPSA) is 42.1 Å². The van der Waals surface area contributed by atoms with Crippen LogP contribution in [0.15, 0.2) is 10.9 Å². The van der Waals surface area contributed by atoms with E-state index in [0.717, 1.165) is 12.0 Å². The molecule has 0 radical (unpaired) electrons. The second kappa shape index (κ2) is 2.27. The number of aromatic nitrogens is 1. The maximum absolute atomic E-state index is 10.8. The molecule has 0 bridgehead atoms. The predicted molar refractivity (Wildman–Crippen MR) is 41.3 cm³/mol. The van der Waals surface area contributed by atoms with Gasteiger partial charge in [0, 0.05) is 18.1 Å². The maximum Gasteiger partial charge on any atom is 0.252 e. The molecule has 0 aromatic carbocycles. The number of nitrogens with one attached hydrogen (secondary N) is 1. The smallest absolute Gasteiger partial charge is 0.252 e. The molecule has 4 heteroatoms. The van der Waals surface area contributed by atoms with Crippen molar-refractivity contribution in [2.75, 3.05) is 6.61 Å². The molecule has 58 valence electrons. The van der Waals surface area contributed by atoms with Crippen LogP contribution < -0.4 is 10.3 Å². The van der Waals surface area contributed by atoms with Crippen molar-refractivity contribution in [3.05, 3.63) is 27.1 Å². The lowest BCUT2D eigenvalue weighted by molar-refractivity contribution is 0.356. The monoisotopic (exact) mass is 171 g/mol. The Bertz CT molecular complexity index is 345. The SMILES string of the molecule is O=c1cc2c(c(Cl)[nH]1)CCO2. The average Bonchev–Trinajstić information content (AvgIpc) is 2.34. The van der Waals surface area contributed by atoms with E-state index in [0.29, 0.717) is 17.5 Å². The highest BCUT2D eigenvalue weighted by Crippen LogP contribution is 2.27. The first-order chi connectivity index (χ1) is 5.27. The fourth-order valence-electron chi connectivity index (χ4n) is 1.16. The normalized spacial score (nSPS) is 14.3. The number of ether oxygens (including phenoxy) is 1. The zero-order valence-corrected chi connectivity index (χ0v) is 6.44. The molecule has 0 saturated heterocycles. The number of pyridine rings is 1. The van der Waals surface area contributed by atoms with E-state index in [4.69, 9.17) is 16.3 Å². The van der Waals surface area contributed by atoms with Crippen molar-refractivity contribution in [2.24, 2.45) is 0 Å². The standard InChI is InChI=1S/C7H6ClNO2/c8-7-4-1-2-11-5(4)3-6(10)9-7/h3H,1-2H2,(H,9,10). The van der Waals surface area contributed by atoms with Crippen LogP contribution in [0.5, 0.6) is 5.75 Å². The Morgan fingerprint density at radius 1 is 1.64 bits per heavy atom. The largest absolute Gasteiger partial charge is 0.493 e. The van der Waals surface area contributed by atoms with Gasteiger partial charge < -0.3 is 9.72 Å². The van der Waals surface area contributed by atoms with Crippen molar-refractivity contribution in [1.82, 2.24) is 4.98 Å². The van der Waals surface area contributed by atoms with E-state index in [-0.39, 0.29) is 5.56 Å². The van der Waals surface area contributed by atoms with Crippen LogP contribution in [0.4, 0.5) is 0 Å². The van der Waals surface area contributed by atoms with Crippen molar-refractivity contribution >= 4 is 11.6 Å². The quantitative estimate of drug-likeness (QED) is 0.591. The van der Waals surface area contributed by atoms with Gasteiger partial charge in [-0.1, -0.05) is 11.6 Å². The van der Waals surface area contributed by atoms with E-state index < -0.39 is 0 Å². The third-order valence-corrected chi connectivity index (χ3v) is 1.99. The zero-order valence-electron chi connectivity index (χ0n) is 5.69. The molecular formula is C7H6ClNO2. The molecule has 1 N–H and O–H groups in total. The second-order valence-electron chi connectivity index (χ2n) is 2.39. The fourth-order valence-corrected chi connectivity index (χ4v) is 1.44. The maximum atomic E-state index is 10.8. The summed E-state index contributed by atoms with van der Waals surface area (Å²) >= 11 is 5.74. The van der Waals surface area contributed by atoms with E-state index in [1.807, 2.05) is 0 Å². The van der Waals surface area contributed by atoms with Gasteiger partial charge in [0.05, 0.1) is 6.61 Å². The van der Waals surface area contributed by atoms with Crippen LogP contribution in [0.25, 0.3) is 0 Å². The summed E-state index contributed by atoms with van der Waals surface area (Å²) in [5.41, 5.74) is 0.696. The Balaban J connectivity index is 2.70. The summed E-state index contributed by atoms with van der Waals surface area (Å²) in [6.07, 6.45) is 0.783. The minimum absolute atomic E-state index is 0.212. The molecule has 1 aliphatic rings. The molecule has 0 saturated carbocycles. The molecule has 1 aromatic rings. The molecule has 11 heavy (non-hydrogen) atoms. The van der Waals surface area contributed by atoms with Gasteiger partial charge in [0.2, 0.25) is 0 Å². The molecule has 1 aliphatic heterocycles. The van der Waals surface area contributed by atoms with Gasteiger partial charge in [-0.3, -0.25) is 4.79 Å². The zero-order chi connectivity index (χ0) is 7.84. The van der Waals surface area contributed by atoms with Gasteiger partial charge in [0.1, 0.15) is 10.9 Å². The van der Waals surface area contributed by atoms with Gasteiger partial charge in [-0.2, -0.15) is 0 Å². The summed E-state index contributed by atoms with van der Waals surface area (Å²) in [4.78, 5) is 13.3. The van der Waals surface area contributed by atoms with Crippen molar-refractivity contribution in [3.63, 3.8) is 0 Å². The minimum Gasteiger partial charge on any atom is -0.493 e. The average molecular weight is 172 g/mol. The van der Waals surface area contributed by atoms with Crippen molar-refractivity contribution in [1.29, 1.82) is 0 Å². The Labute approximate surface area is 68.0 Å². The highest BCUT2D eigenvalue weighted by Gasteiger charge is 2.15. The molecule has 3 nitrogen and oxygen atoms in total. The number of halogens is 1. The Morgan fingerprint density at radius 3 is 3.27 bits per heavy atom. The summed E-state index contributed by atoms with van der Waals surface area (Å²) in [6, 6.07) is 1.42. The first-order valence-corrected chi connectivity index (χ1v) is 3.69. The van der Waals surface area contributed by atoms with Crippen molar-refractivity contribution in [2.45, 2.75) is 6.42 Å². The number of fused-ring (bicyclic) bond motifs is 1. The summed E-state index contributed by atoms with van der Waals surface area (Å²) in [7, 11) is 0. The van der Waals surface area contributed by atoms with Crippen LogP contribution in [0.2, 0.25) is 5.15 Å². The van der Waals surface area contributed by atoms with Crippen molar-refractivity contribution < 1.29 is 4.74 Å². The van der Waals surface area contributed by atoms with E-state index in [9.17, 15) is 4.79 Å². The third kappa shape index (κ3) is 1.01. The Morgan fingerprint density at radius 2 is 2.45 bits per heavy atom. The lowest BCUT2D eigenvalue weighted by atomic mass is 10.2. The van der Waals surface area contributed by atoms with E-state index >= 15 is 0 Å². The predicted octanol–water partition coefficient (Wildman–Crippen LogP) is 0.963. The number of rotatable bonds is 0. The first-order valence-electron chi connectivity index (χ1n) is 3.32. The van der Waals surface area contributed by atoms with Gasteiger partial charge in [0.15, 0.2) is 0 Å². The number of aromatic amines is 1. The molecule has 0 unspecified atom stereocenters. The molecule has 0 spiro atoms. The third-order valence-electron chi connectivity index (χ3n) is 1.67. The number of H-pyrrole nitrogens is 1. The fraction of sp³-hybridized carbons (Fsp3) is 0.286. The summed E-state index contributed by atoms with van der Waals surface area (Å²) < 4.78 is 5.16. The molecule has 2 rings (SSSR count). The number of hydrogen-bond acceptors (Lipinski definition) is 2. The van der Waals surface area contributed by atoms with E-state index in [2.05, 4.69) is 4.98 Å². The van der Waals surface area contributed by atoms with Gasteiger partial charge in [-0.15, -0.1) is 0 Å². The molecular weight excluding hydrogens is 166 g/mol. The number of hydrogen-bond donors (Lipinski definition) is 1. The highest BCUT2D eigenvalue weighted by atomic mass is 35.5. The lowest BCUT2D eigenvalue weighted by Crippen LogP contribution is -2.04. The first kappa shape index (κ1) is 6.73. The van der Waals surface area contributed by atoms with Crippen LogP contribution in [-0.4, -0.2) is 11.6 Å². The van der Waals surface area contributed by atoms with Gasteiger partial charge in [-0.25, -0.2) is 0 Å². The van der Waals surface area contributed by atoms with Crippen LogP contribution in [-0.2, 0) is 6.42 Å². The lowest BCUT2D eigenvalue weighted by Gasteiger charge is -1.97. The van der Waals surface area contributed by atoms with E-state index in [1.165, 1.54) is 6.07 Å². The van der Waals surface area contributed by atoms with E-state index in [1.54, 1.807) is 0 Å². The van der Waals surface area contributed by atoms with Gasteiger partial charge >= 0.3 is 0 Å². The van der Waals surface area contributed by atoms with Gasteiger partial charge in [-0.05, 0) is 0 Å².